The lowest BCUT2D eigenvalue weighted by atomic mass is 10.3. The molecule has 2 fully saturated rings. The Labute approximate surface area is 150 Å². The minimum atomic E-state index is -3.90. The minimum absolute atomic E-state index is 0.0181. The molecule has 1 saturated heterocycles. The molecular formula is C16H19FN4O4S. The number of rotatable bonds is 4. The number of carbonyl (C=O) groups excluding carboxylic acids is 1. The Hall–Kier alpha value is -2.04. The topological polar surface area (TPSA) is 93.0 Å². The molecular weight excluding hydrogens is 363 g/mol. The third-order valence-corrected chi connectivity index (χ3v) is 6.35. The molecule has 1 aliphatic heterocycles. The van der Waals surface area contributed by atoms with Gasteiger partial charge in [-0.25, -0.2) is 22.5 Å². The zero-order valence-corrected chi connectivity index (χ0v) is 15.1. The number of nitrogens with one attached hydrogen (secondary N) is 1. The Balaban J connectivity index is 1.74. The molecule has 8 nitrogen and oxygen atoms in total. The molecule has 0 atom stereocenters. The van der Waals surface area contributed by atoms with Crippen molar-refractivity contribution in [2.45, 2.75) is 30.2 Å². The zero-order valence-electron chi connectivity index (χ0n) is 14.2. The normalized spacial score (nSPS) is 19.7. The number of fused-ring (bicyclic) bond motifs is 1. The number of morpholine rings is 1. The molecule has 1 amide bonds. The predicted octanol–water partition coefficient (Wildman–Crippen LogP) is 0.777. The number of sulfonamides is 1. The van der Waals surface area contributed by atoms with Crippen LogP contribution in [-0.2, 0) is 14.8 Å². The van der Waals surface area contributed by atoms with Crippen LogP contribution in [0, 0.1) is 5.82 Å². The van der Waals surface area contributed by atoms with Crippen LogP contribution in [0.1, 0.15) is 30.4 Å². The van der Waals surface area contributed by atoms with E-state index in [1.807, 2.05) is 0 Å². The van der Waals surface area contributed by atoms with Crippen LogP contribution in [0.5, 0.6) is 0 Å². The molecule has 0 aromatic carbocycles. The summed E-state index contributed by atoms with van der Waals surface area (Å²) in [5.41, 5.74) is -0.427. The van der Waals surface area contributed by atoms with E-state index >= 15 is 0 Å². The number of nitrogens with zero attached hydrogens (tertiary/aromatic N) is 3. The molecule has 26 heavy (non-hydrogen) atoms. The second-order valence-electron chi connectivity index (χ2n) is 6.93. The average Bonchev–Trinajstić information content (AvgIpc) is 3.16. The van der Waals surface area contributed by atoms with Gasteiger partial charge in [0.05, 0.1) is 19.4 Å². The Bertz CT molecular complexity index is 978. The van der Waals surface area contributed by atoms with Gasteiger partial charge in [-0.05, 0) is 25.8 Å². The number of carbonyl (C=O) groups is 1. The van der Waals surface area contributed by atoms with Gasteiger partial charge in [-0.2, -0.15) is 0 Å². The summed E-state index contributed by atoms with van der Waals surface area (Å²) in [6, 6.07) is 0.952. The first kappa shape index (κ1) is 17.4. The summed E-state index contributed by atoms with van der Waals surface area (Å²) >= 11 is 0. The third kappa shape index (κ3) is 3.08. The van der Waals surface area contributed by atoms with Gasteiger partial charge in [0, 0.05) is 24.8 Å². The lowest BCUT2D eigenvalue weighted by Crippen LogP contribution is -2.41. The SMILES string of the molecule is CC1(NS(=O)(=O)c2cc(F)c3cnc(C(=O)N4CCOCC4)n3c2)CC1. The molecule has 2 aromatic heterocycles. The number of pyridine rings is 1. The molecule has 2 aromatic rings. The highest BCUT2D eigenvalue weighted by Crippen LogP contribution is 2.36. The van der Waals surface area contributed by atoms with Gasteiger partial charge in [-0.1, -0.05) is 0 Å². The Kier molecular flexibility index (Phi) is 4.01. The summed E-state index contributed by atoms with van der Waals surface area (Å²) in [4.78, 5) is 18.0. The fourth-order valence-electron chi connectivity index (χ4n) is 2.92. The highest BCUT2D eigenvalue weighted by molar-refractivity contribution is 7.89. The molecule has 0 spiro atoms. The summed E-state index contributed by atoms with van der Waals surface area (Å²) < 4.78 is 48.6. The molecule has 10 heteroatoms. The number of amides is 1. The van der Waals surface area contributed by atoms with Crippen molar-refractivity contribution < 1.29 is 22.3 Å². The molecule has 1 aliphatic carbocycles. The quantitative estimate of drug-likeness (QED) is 0.843. The third-order valence-electron chi connectivity index (χ3n) is 4.75. The van der Waals surface area contributed by atoms with E-state index in [0.29, 0.717) is 26.3 Å². The fraction of sp³-hybridized carbons (Fsp3) is 0.500. The molecule has 3 heterocycles. The predicted molar refractivity (Wildman–Crippen MR) is 89.8 cm³/mol. The highest BCUT2D eigenvalue weighted by Gasteiger charge is 2.41. The zero-order chi connectivity index (χ0) is 18.5. The van der Waals surface area contributed by atoms with Gasteiger partial charge < -0.3 is 9.64 Å². The van der Waals surface area contributed by atoms with Crippen LogP contribution >= 0.6 is 0 Å². The molecule has 0 bridgehead atoms. The maximum absolute atomic E-state index is 14.4. The van der Waals surface area contributed by atoms with Crippen LogP contribution < -0.4 is 4.72 Å². The van der Waals surface area contributed by atoms with E-state index in [-0.39, 0.29) is 22.1 Å². The lowest BCUT2D eigenvalue weighted by Gasteiger charge is -2.26. The largest absolute Gasteiger partial charge is 0.378 e. The Morgan fingerprint density at radius 2 is 2.04 bits per heavy atom. The monoisotopic (exact) mass is 382 g/mol. The summed E-state index contributed by atoms with van der Waals surface area (Å²) in [7, 11) is -3.90. The molecule has 4 rings (SSSR count). The Morgan fingerprint density at radius 3 is 2.69 bits per heavy atom. The van der Waals surface area contributed by atoms with Crippen LogP contribution in [0.4, 0.5) is 4.39 Å². The van der Waals surface area contributed by atoms with Crippen LogP contribution in [-0.4, -0.2) is 60.5 Å². The van der Waals surface area contributed by atoms with E-state index in [4.69, 9.17) is 4.74 Å². The van der Waals surface area contributed by atoms with Crippen molar-refractivity contribution in [1.82, 2.24) is 19.0 Å². The summed E-state index contributed by atoms with van der Waals surface area (Å²) in [6.07, 6.45) is 3.95. The minimum Gasteiger partial charge on any atom is -0.378 e. The number of imidazole rings is 1. The van der Waals surface area contributed by atoms with E-state index in [9.17, 15) is 17.6 Å². The number of hydrogen-bond acceptors (Lipinski definition) is 5. The van der Waals surface area contributed by atoms with Crippen molar-refractivity contribution in [3.63, 3.8) is 0 Å². The number of hydrogen-bond donors (Lipinski definition) is 1. The molecule has 0 unspecified atom stereocenters. The number of ether oxygens (including phenoxy) is 1. The van der Waals surface area contributed by atoms with Crippen molar-refractivity contribution in [3.05, 3.63) is 30.1 Å². The first-order chi connectivity index (χ1) is 12.3. The maximum atomic E-state index is 14.4. The molecule has 1 N–H and O–H groups in total. The van der Waals surface area contributed by atoms with Crippen LogP contribution in [0.3, 0.4) is 0 Å². The number of aromatic nitrogens is 2. The molecule has 1 saturated carbocycles. The van der Waals surface area contributed by atoms with Gasteiger partial charge >= 0.3 is 0 Å². The highest BCUT2D eigenvalue weighted by atomic mass is 32.2. The van der Waals surface area contributed by atoms with Gasteiger partial charge in [-0.15, -0.1) is 0 Å². The van der Waals surface area contributed by atoms with Gasteiger partial charge in [0.25, 0.3) is 5.91 Å². The summed E-state index contributed by atoms with van der Waals surface area (Å²) in [5.74, 6) is -1.15. The second-order valence-corrected chi connectivity index (χ2v) is 8.61. The molecule has 140 valence electrons. The van der Waals surface area contributed by atoms with Crippen molar-refractivity contribution in [3.8, 4) is 0 Å². The summed E-state index contributed by atoms with van der Waals surface area (Å²) in [6.45, 7) is 3.46. The van der Waals surface area contributed by atoms with Crippen molar-refractivity contribution in [1.29, 1.82) is 0 Å². The average molecular weight is 382 g/mol. The van der Waals surface area contributed by atoms with Gasteiger partial charge in [0.15, 0.2) is 0 Å². The van der Waals surface area contributed by atoms with Gasteiger partial charge in [-0.3, -0.25) is 9.20 Å². The van der Waals surface area contributed by atoms with Gasteiger partial charge in [0.2, 0.25) is 15.8 Å². The molecule has 2 aliphatic rings. The number of halogens is 1. The van der Waals surface area contributed by atoms with E-state index in [2.05, 4.69) is 9.71 Å². The van der Waals surface area contributed by atoms with E-state index in [1.165, 1.54) is 16.8 Å². The van der Waals surface area contributed by atoms with Crippen molar-refractivity contribution >= 4 is 21.4 Å². The van der Waals surface area contributed by atoms with Crippen molar-refractivity contribution in [2.24, 2.45) is 0 Å². The first-order valence-corrected chi connectivity index (χ1v) is 9.85. The molecule has 0 radical (unpaired) electrons. The van der Waals surface area contributed by atoms with E-state index in [1.54, 1.807) is 11.8 Å². The van der Waals surface area contributed by atoms with Crippen LogP contribution in [0.25, 0.3) is 5.52 Å². The standard InChI is InChI=1S/C16H19FN4O4S/c1-16(2-3-16)19-26(23,24)11-8-12(17)13-9-18-14(21(13)10-11)15(22)20-4-6-25-7-5-20/h8-10,19H,2-7H2,1H3. The van der Waals surface area contributed by atoms with Crippen molar-refractivity contribution in [2.75, 3.05) is 26.3 Å². The first-order valence-electron chi connectivity index (χ1n) is 8.37. The smallest absolute Gasteiger partial charge is 0.290 e. The lowest BCUT2D eigenvalue weighted by molar-refractivity contribution is 0.0294. The summed E-state index contributed by atoms with van der Waals surface area (Å²) in [5, 5.41) is 0. The fourth-order valence-corrected chi connectivity index (χ4v) is 4.39. The maximum Gasteiger partial charge on any atom is 0.290 e. The second kappa shape index (κ2) is 6.00. The van der Waals surface area contributed by atoms with Crippen LogP contribution in [0.2, 0.25) is 0 Å². The van der Waals surface area contributed by atoms with E-state index < -0.39 is 21.4 Å². The Morgan fingerprint density at radius 1 is 1.35 bits per heavy atom. The van der Waals surface area contributed by atoms with E-state index in [0.717, 1.165) is 18.9 Å². The van der Waals surface area contributed by atoms with Crippen LogP contribution in [0.15, 0.2) is 23.4 Å². The van der Waals surface area contributed by atoms with Gasteiger partial charge in [0.1, 0.15) is 16.2 Å².